The van der Waals surface area contributed by atoms with E-state index in [-0.39, 0.29) is 11.3 Å². The number of ether oxygens (including phenoxy) is 1. The Bertz CT molecular complexity index is 1900. The molecule has 6 rings (SSSR count). The molecule has 7 nitrogen and oxygen atoms in total. The van der Waals surface area contributed by atoms with E-state index < -0.39 is 17.2 Å². The third-order valence-electron chi connectivity index (χ3n) is 6.09. The minimum atomic E-state index is -0.608. The van der Waals surface area contributed by atoms with Crippen molar-refractivity contribution in [2.45, 2.75) is 0 Å². The first-order valence-electron chi connectivity index (χ1n) is 11.6. The number of aromatic amines is 1. The molecule has 0 bridgehead atoms. The summed E-state index contributed by atoms with van der Waals surface area (Å²) in [7, 11) is 0. The normalized spacial score (nSPS) is 11.1. The van der Waals surface area contributed by atoms with Crippen molar-refractivity contribution in [1.29, 1.82) is 0 Å². The van der Waals surface area contributed by atoms with Crippen molar-refractivity contribution in [3.8, 4) is 17.2 Å². The molecule has 38 heavy (non-hydrogen) atoms. The van der Waals surface area contributed by atoms with Gasteiger partial charge in [-0.25, -0.2) is 9.37 Å². The molecule has 0 radical (unpaired) electrons. The molecule has 3 aromatic carbocycles. The second-order valence-corrected chi connectivity index (χ2v) is 9.40. The van der Waals surface area contributed by atoms with Crippen LogP contribution in [0, 0.1) is 5.82 Å². The molecule has 9 heteroatoms. The molecule has 0 aliphatic heterocycles. The van der Waals surface area contributed by atoms with Crippen molar-refractivity contribution in [3.05, 3.63) is 124 Å². The molecule has 1 amide bonds. The van der Waals surface area contributed by atoms with E-state index in [1.807, 2.05) is 6.07 Å². The van der Waals surface area contributed by atoms with Crippen molar-refractivity contribution in [3.63, 3.8) is 0 Å². The molecule has 3 heterocycles. The molecule has 0 aliphatic carbocycles. The van der Waals surface area contributed by atoms with E-state index in [0.29, 0.717) is 32.6 Å². The number of hydrogen-bond donors (Lipinski definition) is 2. The number of carbonyl (C=O) groups is 1. The predicted molar refractivity (Wildman–Crippen MR) is 148 cm³/mol. The van der Waals surface area contributed by atoms with Crippen molar-refractivity contribution < 1.29 is 13.9 Å². The number of aromatic nitrogens is 3. The van der Waals surface area contributed by atoms with Crippen LogP contribution in [0.15, 0.2) is 107 Å². The third-order valence-corrected chi connectivity index (χ3v) is 6.58. The molecule has 3 aromatic heterocycles. The zero-order chi connectivity index (χ0) is 26.2. The Balaban J connectivity index is 1.31. The Kier molecular flexibility index (Phi) is 5.97. The van der Waals surface area contributed by atoms with Crippen LogP contribution in [-0.2, 0) is 0 Å². The van der Waals surface area contributed by atoms with Crippen LogP contribution in [0.3, 0.4) is 0 Å². The number of para-hydroxylation sites is 1. The van der Waals surface area contributed by atoms with E-state index in [1.54, 1.807) is 79.1 Å². The van der Waals surface area contributed by atoms with Gasteiger partial charge in [-0.3, -0.25) is 9.59 Å². The van der Waals surface area contributed by atoms with E-state index in [4.69, 9.17) is 4.74 Å². The van der Waals surface area contributed by atoms with E-state index in [0.717, 1.165) is 11.0 Å². The van der Waals surface area contributed by atoms with Gasteiger partial charge < -0.3 is 19.6 Å². The monoisotopic (exact) mass is 568 g/mol. The van der Waals surface area contributed by atoms with Gasteiger partial charge in [-0.15, -0.1) is 0 Å². The molecule has 0 fully saturated rings. The van der Waals surface area contributed by atoms with Gasteiger partial charge in [-0.1, -0.05) is 28.1 Å². The molecular weight excluding hydrogens is 551 g/mol. The zero-order valence-electron chi connectivity index (χ0n) is 19.6. The number of anilines is 1. The number of amides is 1. The van der Waals surface area contributed by atoms with Crippen molar-refractivity contribution >= 4 is 49.5 Å². The largest absolute Gasteiger partial charge is 0.457 e. The first-order valence-corrected chi connectivity index (χ1v) is 12.4. The number of pyridine rings is 2. The van der Waals surface area contributed by atoms with Gasteiger partial charge in [0.15, 0.2) is 0 Å². The van der Waals surface area contributed by atoms with Crippen molar-refractivity contribution in [2.75, 3.05) is 5.32 Å². The van der Waals surface area contributed by atoms with Crippen LogP contribution in [0.1, 0.15) is 10.4 Å². The Labute approximate surface area is 223 Å². The average Bonchev–Trinajstić information content (AvgIpc) is 3.41. The predicted octanol–water partition coefficient (Wildman–Crippen LogP) is 6.81. The van der Waals surface area contributed by atoms with Crippen molar-refractivity contribution in [2.24, 2.45) is 0 Å². The Hall–Kier alpha value is -4.76. The Morgan fingerprint density at radius 1 is 1.00 bits per heavy atom. The number of benzene rings is 3. The molecule has 2 N–H and O–H groups in total. The molecule has 0 spiro atoms. The fourth-order valence-corrected chi connectivity index (χ4v) is 4.61. The molecule has 6 aromatic rings. The summed E-state index contributed by atoms with van der Waals surface area (Å²) in [5.41, 5.74) is 1.34. The van der Waals surface area contributed by atoms with E-state index in [2.05, 4.69) is 31.2 Å². The number of carbonyl (C=O) groups excluding carboxylic acids is 1. The first-order chi connectivity index (χ1) is 18.5. The number of hydrogen-bond acceptors (Lipinski definition) is 4. The Morgan fingerprint density at radius 2 is 1.82 bits per heavy atom. The zero-order valence-corrected chi connectivity index (χ0v) is 21.2. The summed E-state index contributed by atoms with van der Waals surface area (Å²) in [6, 6.07) is 21.8. The van der Waals surface area contributed by atoms with Crippen LogP contribution >= 0.6 is 15.9 Å². The summed E-state index contributed by atoms with van der Waals surface area (Å²) in [6.45, 7) is 0. The fraction of sp³-hybridized carbons (Fsp3) is 0. The van der Waals surface area contributed by atoms with Gasteiger partial charge in [0.1, 0.15) is 28.5 Å². The molecule has 0 atom stereocenters. The van der Waals surface area contributed by atoms with Crippen LogP contribution in [0.2, 0.25) is 0 Å². The number of nitrogens with one attached hydrogen (secondary N) is 2. The lowest BCUT2D eigenvalue weighted by molar-refractivity contribution is 0.102. The minimum Gasteiger partial charge on any atom is -0.457 e. The van der Waals surface area contributed by atoms with Gasteiger partial charge >= 0.3 is 0 Å². The lowest BCUT2D eigenvalue weighted by Crippen LogP contribution is -2.23. The third kappa shape index (κ3) is 4.33. The minimum absolute atomic E-state index is 0.113. The smallest absolute Gasteiger partial charge is 0.261 e. The van der Waals surface area contributed by atoms with Gasteiger partial charge in [0.2, 0.25) is 5.43 Å². The van der Waals surface area contributed by atoms with Crippen LogP contribution in [0.4, 0.5) is 10.1 Å². The molecule has 0 unspecified atom stereocenters. The first kappa shape index (κ1) is 23.6. The average molecular weight is 569 g/mol. The topological polar surface area (TPSA) is 89.0 Å². The maximum absolute atomic E-state index is 14.9. The van der Waals surface area contributed by atoms with Gasteiger partial charge in [-0.2, -0.15) is 0 Å². The quantitative estimate of drug-likeness (QED) is 0.239. The van der Waals surface area contributed by atoms with Gasteiger partial charge in [0.05, 0.1) is 16.6 Å². The number of rotatable bonds is 5. The SMILES string of the molecule is O=C(Nc1ccc(Oc2ccnc3[nH]ccc23)cc1)c1cn(-c2ccc(Br)cc2F)c2ccccc2c1=O. The standard InChI is InChI=1S/C29H18BrFN4O3/c30-17-5-10-25(23(31)15-17)35-16-22(27(36)20-3-1-2-4-24(20)35)29(37)34-18-6-8-19(9-7-18)38-26-12-14-33-28-21(26)11-13-32-28/h1-16H,(H,32,33)(H,34,37). The summed E-state index contributed by atoms with van der Waals surface area (Å²) in [5.74, 6) is 0.102. The second kappa shape index (κ2) is 9.60. The number of fused-ring (bicyclic) bond motifs is 2. The summed E-state index contributed by atoms with van der Waals surface area (Å²) in [6.07, 6.45) is 4.81. The molecule has 186 valence electrons. The summed E-state index contributed by atoms with van der Waals surface area (Å²) >= 11 is 3.26. The summed E-state index contributed by atoms with van der Waals surface area (Å²) in [5, 5.41) is 3.91. The maximum atomic E-state index is 14.9. The lowest BCUT2D eigenvalue weighted by Gasteiger charge is -2.15. The lowest BCUT2D eigenvalue weighted by atomic mass is 10.1. The second-order valence-electron chi connectivity index (χ2n) is 8.48. The van der Waals surface area contributed by atoms with Crippen LogP contribution in [0.5, 0.6) is 11.5 Å². The number of halogens is 2. The van der Waals surface area contributed by atoms with E-state index >= 15 is 0 Å². The van der Waals surface area contributed by atoms with Crippen LogP contribution in [0.25, 0.3) is 27.6 Å². The maximum Gasteiger partial charge on any atom is 0.261 e. The van der Waals surface area contributed by atoms with E-state index in [9.17, 15) is 14.0 Å². The highest BCUT2D eigenvalue weighted by Gasteiger charge is 2.18. The van der Waals surface area contributed by atoms with E-state index in [1.165, 1.54) is 16.8 Å². The molecular formula is C29H18BrFN4O3. The van der Waals surface area contributed by atoms with Gasteiger partial charge in [0, 0.05) is 34.1 Å². The highest BCUT2D eigenvalue weighted by atomic mass is 79.9. The van der Waals surface area contributed by atoms with Crippen molar-refractivity contribution in [1.82, 2.24) is 14.5 Å². The molecule has 0 aliphatic rings. The highest BCUT2D eigenvalue weighted by Crippen LogP contribution is 2.29. The fourth-order valence-electron chi connectivity index (χ4n) is 4.27. The van der Waals surface area contributed by atoms with Crippen LogP contribution in [-0.4, -0.2) is 20.4 Å². The Morgan fingerprint density at radius 3 is 2.63 bits per heavy atom. The summed E-state index contributed by atoms with van der Waals surface area (Å²) < 4.78 is 22.9. The highest BCUT2D eigenvalue weighted by molar-refractivity contribution is 9.10. The van der Waals surface area contributed by atoms with Gasteiger partial charge in [0.25, 0.3) is 5.91 Å². The van der Waals surface area contributed by atoms with Gasteiger partial charge in [-0.05, 0) is 66.7 Å². The molecule has 0 saturated carbocycles. The number of nitrogens with zero attached hydrogens (tertiary/aromatic N) is 2. The van der Waals surface area contributed by atoms with Crippen LogP contribution < -0.4 is 15.5 Å². The number of H-pyrrole nitrogens is 1. The molecule has 0 saturated heterocycles. The summed E-state index contributed by atoms with van der Waals surface area (Å²) in [4.78, 5) is 33.7.